The number of aromatic nitrogens is 2. The summed E-state index contributed by atoms with van der Waals surface area (Å²) in [5.74, 6) is 0.586. The third kappa shape index (κ3) is 2.69. The van der Waals surface area contributed by atoms with Crippen molar-refractivity contribution in [1.29, 1.82) is 0 Å². The summed E-state index contributed by atoms with van der Waals surface area (Å²) in [6.07, 6.45) is 4.65. The van der Waals surface area contributed by atoms with Crippen molar-refractivity contribution in [2.75, 3.05) is 6.61 Å². The first-order chi connectivity index (χ1) is 8.11. The van der Waals surface area contributed by atoms with Crippen molar-refractivity contribution in [2.24, 2.45) is 11.8 Å². The number of H-pyrrole nitrogens is 1. The molecule has 6 heteroatoms. The van der Waals surface area contributed by atoms with Gasteiger partial charge >= 0.3 is 5.69 Å². The number of halogens is 1. The Labute approximate surface area is 107 Å². The minimum atomic E-state index is -0.406. The summed E-state index contributed by atoms with van der Waals surface area (Å²) in [6.45, 7) is 0.726. The molecule has 1 aromatic rings. The molecule has 17 heavy (non-hydrogen) atoms. The Hall–Kier alpha value is -0.880. The molecular weight excluding hydrogens is 288 g/mol. The highest BCUT2D eigenvalue weighted by Crippen LogP contribution is 2.32. The standard InChI is InChI=1S/C11H15BrN2O3/c12-9-5-14(11(17)13-10(9)16)4-7-2-1-3-8(7)6-15/h5,7-8,15H,1-4,6H2,(H,13,16,17)/t7-,8+/m1/s1. The molecule has 0 unspecified atom stereocenters. The van der Waals surface area contributed by atoms with E-state index in [4.69, 9.17) is 0 Å². The zero-order valence-electron chi connectivity index (χ0n) is 9.36. The predicted molar refractivity (Wildman–Crippen MR) is 66.9 cm³/mol. The van der Waals surface area contributed by atoms with E-state index >= 15 is 0 Å². The van der Waals surface area contributed by atoms with E-state index in [1.807, 2.05) is 0 Å². The maximum absolute atomic E-state index is 11.6. The molecule has 1 fully saturated rings. The average Bonchev–Trinajstić information content (AvgIpc) is 2.73. The molecule has 2 rings (SSSR count). The van der Waals surface area contributed by atoms with Gasteiger partial charge in [-0.2, -0.15) is 0 Å². The molecule has 0 aromatic carbocycles. The van der Waals surface area contributed by atoms with Crippen LogP contribution in [0.4, 0.5) is 0 Å². The van der Waals surface area contributed by atoms with Gasteiger partial charge in [-0.05, 0) is 40.6 Å². The molecular formula is C11H15BrN2O3. The average molecular weight is 303 g/mol. The molecule has 1 aromatic heterocycles. The van der Waals surface area contributed by atoms with Crippen LogP contribution in [0.2, 0.25) is 0 Å². The molecule has 1 aliphatic rings. The second-order valence-electron chi connectivity index (χ2n) is 4.52. The Bertz CT molecular complexity index is 508. The van der Waals surface area contributed by atoms with E-state index in [2.05, 4.69) is 20.9 Å². The number of aliphatic hydroxyl groups excluding tert-OH is 1. The maximum atomic E-state index is 11.6. The third-order valence-electron chi connectivity index (χ3n) is 3.45. The van der Waals surface area contributed by atoms with Crippen molar-refractivity contribution < 1.29 is 5.11 Å². The number of aromatic amines is 1. The van der Waals surface area contributed by atoms with Crippen molar-refractivity contribution in [3.05, 3.63) is 31.5 Å². The zero-order valence-corrected chi connectivity index (χ0v) is 10.9. The van der Waals surface area contributed by atoms with Gasteiger partial charge in [0.2, 0.25) is 0 Å². The van der Waals surface area contributed by atoms with Gasteiger partial charge in [0.25, 0.3) is 5.56 Å². The smallest absolute Gasteiger partial charge is 0.328 e. The topological polar surface area (TPSA) is 75.1 Å². The zero-order chi connectivity index (χ0) is 12.4. The first-order valence-electron chi connectivity index (χ1n) is 5.72. The van der Waals surface area contributed by atoms with Crippen LogP contribution in [0.1, 0.15) is 19.3 Å². The summed E-state index contributed by atoms with van der Waals surface area (Å²) < 4.78 is 1.86. The van der Waals surface area contributed by atoms with E-state index in [1.54, 1.807) is 0 Å². The van der Waals surface area contributed by atoms with Gasteiger partial charge in [-0.15, -0.1) is 0 Å². The number of rotatable bonds is 3. The van der Waals surface area contributed by atoms with Crippen LogP contribution >= 0.6 is 15.9 Å². The quantitative estimate of drug-likeness (QED) is 0.863. The van der Waals surface area contributed by atoms with Gasteiger partial charge in [0.05, 0.1) is 4.47 Å². The molecule has 0 bridgehead atoms. The van der Waals surface area contributed by atoms with E-state index in [0.29, 0.717) is 16.9 Å². The predicted octanol–water partition coefficient (Wildman–Crippen LogP) is 0.708. The van der Waals surface area contributed by atoms with Gasteiger partial charge in [-0.3, -0.25) is 14.3 Å². The highest BCUT2D eigenvalue weighted by atomic mass is 79.9. The monoisotopic (exact) mass is 302 g/mol. The molecule has 1 heterocycles. The first-order valence-corrected chi connectivity index (χ1v) is 6.51. The van der Waals surface area contributed by atoms with Gasteiger partial charge in [-0.25, -0.2) is 4.79 Å². The lowest BCUT2D eigenvalue weighted by Crippen LogP contribution is -2.32. The minimum Gasteiger partial charge on any atom is -0.396 e. The summed E-state index contributed by atoms with van der Waals surface area (Å²) >= 11 is 3.11. The molecule has 0 spiro atoms. The summed E-state index contributed by atoms with van der Waals surface area (Å²) in [7, 11) is 0. The van der Waals surface area contributed by atoms with Gasteiger partial charge in [0.15, 0.2) is 0 Å². The Morgan fingerprint density at radius 3 is 2.82 bits per heavy atom. The Kier molecular flexibility index (Phi) is 3.83. The van der Waals surface area contributed by atoms with Gasteiger partial charge in [0, 0.05) is 19.3 Å². The van der Waals surface area contributed by atoms with Crippen LogP contribution in [0, 0.1) is 11.8 Å². The third-order valence-corrected chi connectivity index (χ3v) is 4.01. The minimum absolute atomic E-state index is 0.171. The molecule has 1 aliphatic carbocycles. The number of nitrogens with one attached hydrogen (secondary N) is 1. The lowest BCUT2D eigenvalue weighted by molar-refractivity contribution is 0.183. The maximum Gasteiger partial charge on any atom is 0.328 e. The SMILES string of the molecule is O=c1[nH]c(=O)n(C[C@H]2CCC[C@H]2CO)cc1Br. The van der Waals surface area contributed by atoms with Crippen molar-refractivity contribution in [1.82, 2.24) is 9.55 Å². The summed E-state index contributed by atoms with van der Waals surface area (Å²) in [5.41, 5.74) is -0.793. The van der Waals surface area contributed by atoms with Crippen LogP contribution < -0.4 is 11.2 Å². The van der Waals surface area contributed by atoms with Crippen LogP contribution in [-0.2, 0) is 6.54 Å². The highest BCUT2D eigenvalue weighted by Gasteiger charge is 2.27. The van der Waals surface area contributed by atoms with Crippen LogP contribution in [-0.4, -0.2) is 21.3 Å². The molecule has 0 aliphatic heterocycles. The van der Waals surface area contributed by atoms with Crippen molar-refractivity contribution in [3.63, 3.8) is 0 Å². The molecule has 2 atom stereocenters. The first kappa shape index (κ1) is 12.6. The van der Waals surface area contributed by atoms with Crippen molar-refractivity contribution in [2.45, 2.75) is 25.8 Å². The molecule has 0 radical (unpaired) electrons. The summed E-state index contributed by atoms with van der Waals surface area (Å²) in [6, 6.07) is 0. The Morgan fingerprint density at radius 1 is 1.41 bits per heavy atom. The van der Waals surface area contributed by atoms with E-state index in [1.165, 1.54) is 10.8 Å². The summed E-state index contributed by atoms with van der Waals surface area (Å²) in [5, 5.41) is 9.23. The van der Waals surface area contributed by atoms with Gasteiger partial charge < -0.3 is 5.11 Å². The Balaban J connectivity index is 2.21. The van der Waals surface area contributed by atoms with Crippen LogP contribution in [0.15, 0.2) is 20.3 Å². The lowest BCUT2D eigenvalue weighted by atomic mass is 9.97. The highest BCUT2D eigenvalue weighted by molar-refractivity contribution is 9.10. The number of hydrogen-bond acceptors (Lipinski definition) is 3. The number of hydrogen-bond donors (Lipinski definition) is 2. The molecule has 0 amide bonds. The largest absolute Gasteiger partial charge is 0.396 e. The van der Waals surface area contributed by atoms with Gasteiger partial charge in [0.1, 0.15) is 0 Å². The van der Waals surface area contributed by atoms with Crippen molar-refractivity contribution >= 4 is 15.9 Å². The van der Waals surface area contributed by atoms with Crippen LogP contribution in [0.25, 0.3) is 0 Å². The summed E-state index contributed by atoms with van der Waals surface area (Å²) in [4.78, 5) is 25.0. The second kappa shape index (κ2) is 5.18. The van der Waals surface area contributed by atoms with Crippen molar-refractivity contribution in [3.8, 4) is 0 Å². The fourth-order valence-corrected chi connectivity index (χ4v) is 2.81. The fraction of sp³-hybridized carbons (Fsp3) is 0.636. The van der Waals surface area contributed by atoms with E-state index in [-0.39, 0.29) is 18.2 Å². The Morgan fingerprint density at radius 2 is 2.12 bits per heavy atom. The van der Waals surface area contributed by atoms with E-state index in [9.17, 15) is 14.7 Å². The van der Waals surface area contributed by atoms with E-state index in [0.717, 1.165) is 19.3 Å². The molecule has 0 saturated heterocycles. The van der Waals surface area contributed by atoms with Crippen LogP contribution in [0.3, 0.4) is 0 Å². The molecule has 1 saturated carbocycles. The number of nitrogens with zero attached hydrogens (tertiary/aromatic N) is 1. The van der Waals surface area contributed by atoms with Gasteiger partial charge in [-0.1, -0.05) is 6.42 Å². The molecule has 5 nitrogen and oxygen atoms in total. The van der Waals surface area contributed by atoms with E-state index < -0.39 is 5.56 Å². The van der Waals surface area contributed by atoms with Crippen LogP contribution in [0.5, 0.6) is 0 Å². The molecule has 2 N–H and O–H groups in total. The molecule has 94 valence electrons. The second-order valence-corrected chi connectivity index (χ2v) is 5.38. The lowest BCUT2D eigenvalue weighted by Gasteiger charge is -2.18. The fourth-order valence-electron chi connectivity index (χ4n) is 2.47. The number of aliphatic hydroxyl groups is 1. The normalized spacial score (nSPS) is 24.1.